The van der Waals surface area contributed by atoms with Gasteiger partial charge in [0, 0.05) is 12.1 Å². The van der Waals surface area contributed by atoms with Crippen LogP contribution >= 0.6 is 15.9 Å². The third-order valence-electron chi connectivity index (χ3n) is 3.30. The average Bonchev–Trinajstić information content (AvgIpc) is 2.52. The van der Waals surface area contributed by atoms with Gasteiger partial charge in [-0.25, -0.2) is 13.2 Å². The first kappa shape index (κ1) is 18.3. The predicted octanol–water partition coefficient (Wildman–Crippen LogP) is 3.99. The molecule has 0 aliphatic carbocycles. The summed E-state index contributed by atoms with van der Waals surface area (Å²) in [4.78, 5) is 12.0. The molecular weight excluding hydrogens is 387 g/mol. The van der Waals surface area contributed by atoms with Crippen LogP contribution in [-0.2, 0) is 11.2 Å². The van der Waals surface area contributed by atoms with Crippen molar-refractivity contribution in [1.29, 1.82) is 0 Å². The maximum absolute atomic E-state index is 13.5. The molecule has 128 valence electrons. The zero-order valence-electron chi connectivity index (χ0n) is 12.8. The number of hydrogen-bond acceptors (Lipinski definition) is 2. The van der Waals surface area contributed by atoms with Crippen molar-refractivity contribution in [2.24, 2.45) is 0 Å². The van der Waals surface area contributed by atoms with Gasteiger partial charge in [-0.3, -0.25) is 4.79 Å². The molecule has 24 heavy (non-hydrogen) atoms. The summed E-state index contributed by atoms with van der Waals surface area (Å²) in [6, 6.07) is 7.45. The fourth-order valence-corrected chi connectivity index (χ4v) is 2.48. The summed E-state index contributed by atoms with van der Waals surface area (Å²) < 4.78 is 45.8. The minimum atomic E-state index is -0.850. The number of nitrogens with one attached hydrogen (secondary N) is 1. The molecule has 0 spiro atoms. The van der Waals surface area contributed by atoms with Crippen LogP contribution in [0.2, 0.25) is 0 Å². The van der Waals surface area contributed by atoms with Crippen molar-refractivity contribution in [3.05, 3.63) is 63.9 Å². The van der Waals surface area contributed by atoms with E-state index in [0.717, 1.165) is 12.1 Å². The monoisotopic (exact) mass is 401 g/mol. The van der Waals surface area contributed by atoms with Gasteiger partial charge in [-0.1, -0.05) is 6.07 Å². The van der Waals surface area contributed by atoms with Gasteiger partial charge in [0.2, 0.25) is 0 Å². The fraction of sp³-hybridized carbons (Fsp3) is 0.235. The van der Waals surface area contributed by atoms with E-state index in [0.29, 0.717) is 10.2 Å². The molecule has 0 aliphatic rings. The van der Waals surface area contributed by atoms with Crippen LogP contribution in [0.3, 0.4) is 0 Å². The number of rotatable bonds is 6. The molecule has 0 aliphatic heterocycles. The number of amides is 1. The maximum atomic E-state index is 13.5. The molecule has 0 saturated carbocycles. The van der Waals surface area contributed by atoms with E-state index in [1.807, 2.05) is 0 Å². The lowest BCUT2D eigenvalue weighted by Gasteiger charge is -2.16. The van der Waals surface area contributed by atoms with Gasteiger partial charge in [-0.15, -0.1) is 0 Å². The first-order chi connectivity index (χ1) is 11.4. The highest BCUT2D eigenvalue weighted by Gasteiger charge is 2.16. The minimum absolute atomic E-state index is 0.0250. The highest BCUT2D eigenvalue weighted by atomic mass is 79.9. The molecule has 2 rings (SSSR count). The Morgan fingerprint density at radius 1 is 1.21 bits per heavy atom. The molecule has 0 heterocycles. The van der Waals surface area contributed by atoms with Gasteiger partial charge in [0.15, 0.2) is 6.10 Å². The number of benzene rings is 2. The highest BCUT2D eigenvalue weighted by molar-refractivity contribution is 9.10. The molecule has 1 unspecified atom stereocenters. The normalized spacial score (nSPS) is 11.9. The van der Waals surface area contributed by atoms with Gasteiger partial charge in [-0.05, 0) is 59.6 Å². The molecule has 0 fully saturated rings. The van der Waals surface area contributed by atoms with E-state index in [-0.39, 0.29) is 18.5 Å². The van der Waals surface area contributed by atoms with E-state index in [1.54, 1.807) is 0 Å². The summed E-state index contributed by atoms with van der Waals surface area (Å²) in [5.41, 5.74) is -0.0762. The Kier molecular flexibility index (Phi) is 6.25. The van der Waals surface area contributed by atoms with Gasteiger partial charge in [-0.2, -0.15) is 0 Å². The topological polar surface area (TPSA) is 38.3 Å². The third kappa shape index (κ3) is 4.74. The summed E-state index contributed by atoms with van der Waals surface area (Å²) in [5, 5.41) is 2.55. The van der Waals surface area contributed by atoms with Crippen molar-refractivity contribution in [3.8, 4) is 5.75 Å². The van der Waals surface area contributed by atoms with Crippen molar-refractivity contribution in [2.45, 2.75) is 19.4 Å². The Balaban J connectivity index is 1.88. The van der Waals surface area contributed by atoms with Crippen LogP contribution < -0.4 is 10.1 Å². The lowest BCUT2D eigenvalue weighted by atomic mass is 10.1. The van der Waals surface area contributed by atoms with Crippen LogP contribution in [0.5, 0.6) is 5.75 Å². The van der Waals surface area contributed by atoms with Gasteiger partial charge >= 0.3 is 0 Å². The summed E-state index contributed by atoms with van der Waals surface area (Å²) in [7, 11) is 0. The second-order valence-electron chi connectivity index (χ2n) is 5.08. The number of halogens is 4. The largest absolute Gasteiger partial charge is 0.480 e. The standard InChI is InChI=1S/C17H15BrF3NO2/c1-10(24-16-6-5-11(19)9-13(16)18)17(23)22-8-7-12-14(20)3-2-4-15(12)21/h2-6,9-10H,7-8H2,1H3,(H,22,23). The molecular formula is C17H15BrF3NO2. The SMILES string of the molecule is CC(Oc1ccc(F)cc1Br)C(=O)NCCc1c(F)cccc1F. The van der Waals surface area contributed by atoms with Crippen molar-refractivity contribution in [3.63, 3.8) is 0 Å². The van der Waals surface area contributed by atoms with E-state index in [9.17, 15) is 18.0 Å². The van der Waals surface area contributed by atoms with Crippen LogP contribution in [0, 0.1) is 17.5 Å². The second-order valence-corrected chi connectivity index (χ2v) is 5.93. The van der Waals surface area contributed by atoms with Gasteiger partial charge < -0.3 is 10.1 Å². The Bertz CT molecular complexity index is 720. The number of carbonyl (C=O) groups is 1. The number of carbonyl (C=O) groups excluding carboxylic acids is 1. The van der Waals surface area contributed by atoms with Crippen molar-refractivity contribution < 1.29 is 22.7 Å². The predicted molar refractivity (Wildman–Crippen MR) is 87.3 cm³/mol. The van der Waals surface area contributed by atoms with Crippen LogP contribution in [0.1, 0.15) is 12.5 Å². The summed E-state index contributed by atoms with van der Waals surface area (Å²) in [6.45, 7) is 1.59. The van der Waals surface area contributed by atoms with Crippen molar-refractivity contribution in [2.75, 3.05) is 6.54 Å². The molecule has 0 saturated heterocycles. The molecule has 1 atom stereocenters. The number of ether oxygens (including phenoxy) is 1. The number of hydrogen-bond donors (Lipinski definition) is 1. The lowest BCUT2D eigenvalue weighted by molar-refractivity contribution is -0.127. The average molecular weight is 402 g/mol. The first-order valence-electron chi connectivity index (χ1n) is 7.21. The summed E-state index contributed by atoms with van der Waals surface area (Å²) in [6.07, 6.45) is -0.825. The van der Waals surface area contributed by atoms with Crippen molar-refractivity contribution in [1.82, 2.24) is 5.32 Å². The molecule has 1 amide bonds. The zero-order valence-corrected chi connectivity index (χ0v) is 14.4. The van der Waals surface area contributed by atoms with E-state index >= 15 is 0 Å². The Labute approximate surface area is 146 Å². The molecule has 0 bridgehead atoms. The molecule has 7 heteroatoms. The smallest absolute Gasteiger partial charge is 0.260 e. The Hall–Kier alpha value is -2.02. The van der Waals surface area contributed by atoms with Gasteiger partial charge in [0.25, 0.3) is 5.91 Å². The fourth-order valence-electron chi connectivity index (χ4n) is 2.04. The van der Waals surface area contributed by atoms with E-state index < -0.39 is 29.5 Å². The molecule has 3 nitrogen and oxygen atoms in total. The molecule has 1 N–H and O–H groups in total. The van der Waals surface area contributed by atoms with Gasteiger partial charge in [0.05, 0.1) is 4.47 Å². The Morgan fingerprint density at radius 3 is 2.50 bits per heavy atom. The third-order valence-corrected chi connectivity index (χ3v) is 3.92. The summed E-state index contributed by atoms with van der Waals surface area (Å²) in [5.74, 6) is -1.85. The van der Waals surface area contributed by atoms with Crippen LogP contribution in [0.15, 0.2) is 40.9 Å². The zero-order chi connectivity index (χ0) is 17.7. The molecule has 0 aromatic heterocycles. The lowest BCUT2D eigenvalue weighted by Crippen LogP contribution is -2.37. The van der Waals surface area contributed by atoms with Crippen LogP contribution in [0.4, 0.5) is 13.2 Å². The van der Waals surface area contributed by atoms with E-state index in [4.69, 9.17) is 4.74 Å². The summed E-state index contributed by atoms with van der Waals surface area (Å²) >= 11 is 3.14. The van der Waals surface area contributed by atoms with Gasteiger partial charge in [0.1, 0.15) is 23.2 Å². The molecule has 2 aromatic carbocycles. The first-order valence-corrected chi connectivity index (χ1v) is 8.00. The van der Waals surface area contributed by atoms with E-state index in [2.05, 4.69) is 21.2 Å². The minimum Gasteiger partial charge on any atom is -0.480 e. The maximum Gasteiger partial charge on any atom is 0.260 e. The van der Waals surface area contributed by atoms with Crippen LogP contribution in [0.25, 0.3) is 0 Å². The Morgan fingerprint density at radius 2 is 1.88 bits per heavy atom. The quantitative estimate of drug-likeness (QED) is 0.794. The molecule has 0 radical (unpaired) electrons. The highest BCUT2D eigenvalue weighted by Crippen LogP contribution is 2.26. The second kappa shape index (κ2) is 8.19. The van der Waals surface area contributed by atoms with E-state index in [1.165, 1.54) is 31.2 Å². The van der Waals surface area contributed by atoms with Crippen molar-refractivity contribution >= 4 is 21.8 Å². The molecule has 2 aromatic rings. The van der Waals surface area contributed by atoms with Crippen LogP contribution in [-0.4, -0.2) is 18.6 Å².